The Kier molecular flexibility index (Phi) is 5.68. The quantitative estimate of drug-likeness (QED) is 0.720. The van der Waals surface area contributed by atoms with Crippen molar-refractivity contribution in [3.05, 3.63) is 60.2 Å². The maximum atomic E-state index is 12.2. The summed E-state index contributed by atoms with van der Waals surface area (Å²) >= 11 is 0. The summed E-state index contributed by atoms with van der Waals surface area (Å²) in [7, 11) is 0. The van der Waals surface area contributed by atoms with Crippen LogP contribution in [-0.2, 0) is 9.59 Å². The van der Waals surface area contributed by atoms with Gasteiger partial charge >= 0.3 is 5.97 Å². The van der Waals surface area contributed by atoms with Crippen molar-refractivity contribution in [3.8, 4) is 11.1 Å². The number of nitrogens with one attached hydrogen (secondary N) is 1. The average molecular weight is 326 g/mol. The summed E-state index contributed by atoms with van der Waals surface area (Å²) in [6.45, 7) is 0. The maximum absolute atomic E-state index is 12.2. The summed E-state index contributed by atoms with van der Waals surface area (Å²) in [5, 5.41) is 11.5. The van der Waals surface area contributed by atoms with E-state index in [4.69, 9.17) is 10.8 Å². The zero-order valence-electron chi connectivity index (χ0n) is 12.9. The maximum Gasteiger partial charge on any atom is 0.326 e. The highest BCUT2D eigenvalue weighted by Gasteiger charge is 2.21. The van der Waals surface area contributed by atoms with Crippen LogP contribution < -0.4 is 11.1 Å². The number of carboxylic acids is 1. The number of aliphatic carboxylic acids is 1. The number of hydrogen-bond donors (Lipinski definition) is 3. The molecule has 124 valence electrons. The van der Waals surface area contributed by atoms with Crippen LogP contribution in [0.1, 0.15) is 23.2 Å². The van der Waals surface area contributed by atoms with E-state index in [1.807, 2.05) is 30.3 Å². The van der Waals surface area contributed by atoms with Crippen LogP contribution in [0.15, 0.2) is 54.6 Å². The Labute approximate surface area is 139 Å². The van der Waals surface area contributed by atoms with Gasteiger partial charge in [-0.1, -0.05) is 42.5 Å². The molecule has 0 spiro atoms. The van der Waals surface area contributed by atoms with E-state index in [0.717, 1.165) is 11.1 Å². The first-order valence-electron chi connectivity index (χ1n) is 7.45. The number of carbonyl (C=O) groups is 3. The molecule has 24 heavy (non-hydrogen) atoms. The highest BCUT2D eigenvalue weighted by atomic mass is 16.4. The molecule has 1 atom stereocenters. The molecule has 0 radical (unpaired) electrons. The minimum atomic E-state index is -1.20. The van der Waals surface area contributed by atoms with Crippen LogP contribution in [0, 0.1) is 0 Å². The summed E-state index contributed by atoms with van der Waals surface area (Å²) in [6, 6.07) is 15.4. The lowest BCUT2D eigenvalue weighted by Gasteiger charge is -2.14. The van der Waals surface area contributed by atoms with Crippen LogP contribution in [0.5, 0.6) is 0 Å². The molecule has 6 heteroatoms. The van der Waals surface area contributed by atoms with E-state index in [-0.39, 0.29) is 12.8 Å². The molecule has 0 aliphatic carbocycles. The van der Waals surface area contributed by atoms with Crippen LogP contribution in [0.2, 0.25) is 0 Å². The van der Waals surface area contributed by atoms with Gasteiger partial charge in [0.2, 0.25) is 5.91 Å². The second kappa shape index (κ2) is 7.92. The van der Waals surface area contributed by atoms with Gasteiger partial charge in [-0.05, 0) is 29.7 Å². The Morgan fingerprint density at radius 3 is 2.08 bits per heavy atom. The van der Waals surface area contributed by atoms with Crippen molar-refractivity contribution >= 4 is 17.8 Å². The third-order valence-electron chi connectivity index (χ3n) is 3.54. The average Bonchev–Trinajstić information content (AvgIpc) is 2.59. The van der Waals surface area contributed by atoms with Gasteiger partial charge in [-0.25, -0.2) is 4.79 Å². The summed E-state index contributed by atoms with van der Waals surface area (Å²) in [6.07, 6.45) is -0.150. The summed E-state index contributed by atoms with van der Waals surface area (Å²) < 4.78 is 0. The summed E-state index contributed by atoms with van der Waals surface area (Å²) in [5.74, 6) is -2.32. The molecule has 0 heterocycles. The lowest BCUT2D eigenvalue weighted by Crippen LogP contribution is -2.41. The molecule has 0 aliphatic rings. The second-order valence-corrected chi connectivity index (χ2v) is 5.31. The predicted molar refractivity (Wildman–Crippen MR) is 89.2 cm³/mol. The van der Waals surface area contributed by atoms with Crippen LogP contribution in [0.3, 0.4) is 0 Å². The Hall–Kier alpha value is -3.15. The fourth-order valence-electron chi connectivity index (χ4n) is 2.23. The molecule has 0 aromatic heterocycles. The Bertz CT molecular complexity index is 726. The number of primary amides is 1. The van der Waals surface area contributed by atoms with Gasteiger partial charge < -0.3 is 16.2 Å². The second-order valence-electron chi connectivity index (χ2n) is 5.31. The lowest BCUT2D eigenvalue weighted by atomic mass is 10.0. The van der Waals surface area contributed by atoms with Crippen molar-refractivity contribution in [3.63, 3.8) is 0 Å². The van der Waals surface area contributed by atoms with Crippen molar-refractivity contribution in [2.45, 2.75) is 18.9 Å². The zero-order valence-corrected chi connectivity index (χ0v) is 12.9. The highest BCUT2D eigenvalue weighted by molar-refractivity contribution is 5.97. The molecular weight excluding hydrogens is 308 g/mol. The topological polar surface area (TPSA) is 109 Å². The number of benzene rings is 2. The van der Waals surface area contributed by atoms with Crippen molar-refractivity contribution < 1.29 is 19.5 Å². The number of carboxylic acid groups (broad SMARTS) is 1. The van der Waals surface area contributed by atoms with Gasteiger partial charge in [0, 0.05) is 12.0 Å². The number of carbonyl (C=O) groups excluding carboxylic acids is 2. The Balaban J connectivity index is 2.06. The molecule has 0 bridgehead atoms. The molecule has 0 unspecified atom stereocenters. The van der Waals surface area contributed by atoms with Crippen LogP contribution in [0.4, 0.5) is 0 Å². The first-order valence-corrected chi connectivity index (χ1v) is 7.45. The molecule has 6 nitrogen and oxygen atoms in total. The van der Waals surface area contributed by atoms with Gasteiger partial charge in [0.1, 0.15) is 6.04 Å². The molecule has 0 saturated carbocycles. The minimum absolute atomic E-state index is 0.0431. The van der Waals surface area contributed by atoms with Gasteiger partial charge in [0.15, 0.2) is 0 Å². The fraction of sp³-hybridized carbons (Fsp3) is 0.167. The van der Waals surface area contributed by atoms with Crippen LogP contribution >= 0.6 is 0 Å². The molecule has 2 aromatic rings. The van der Waals surface area contributed by atoms with Gasteiger partial charge in [0.25, 0.3) is 5.91 Å². The normalized spacial score (nSPS) is 11.5. The SMILES string of the molecule is NC(=O)CC[C@@H](NC(=O)c1ccc(-c2ccccc2)cc1)C(=O)O. The van der Waals surface area contributed by atoms with E-state index in [0.29, 0.717) is 5.56 Å². The molecule has 2 aromatic carbocycles. The molecule has 2 rings (SSSR count). The van der Waals surface area contributed by atoms with Crippen LogP contribution in [-0.4, -0.2) is 28.9 Å². The predicted octanol–water partition coefficient (Wildman–Crippen LogP) is 1.80. The number of hydrogen-bond acceptors (Lipinski definition) is 3. The molecule has 0 fully saturated rings. The molecule has 0 saturated heterocycles. The minimum Gasteiger partial charge on any atom is -0.480 e. The number of amides is 2. The van der Waals surface area contributed by atoms with Gasteiger partial charge in [-0.15, -0.1) is 0 Å². The van der Waals surface area contributed by atoms with Crippen molar-refractivity contribution in [2.75, 3.05) is 0 Å². The Morgan fingerprint density at radius 1 is 0.958 bits per heavy atom. The van der Waals surface area contributed by atoms with Crippen LogP contribution in [0.25, 0.3) is 11.1 Å². The highest BCUT2D eigenvalue weighted by Crippen LogP contribution is 2.19. The van der Waals surface area contributed by atoms with E-state index in [1.54, 1.807) is 24.3 Å². The van der Waals surface area contributed by atoms with E-state index in [9.17, 15) is 14.4 Å². The van der Waals surface area contributed by atoms with E-state index < -0.39 is 23.8 Å². The third kappa shape index (κ3) is 4.67. The van der Waals surface area contributed by atoms with Gasteiger partial charge in [-0.3, -0.25) is 9.59 Å². The standard InChI is InChI=1S/C18H18N2O4/c19-16(21)11-10-15(18(23)24)20-17(22)14-8-6-13(7-9-14)12-4-2-1-3-5-12/h1-9,15H,10-11H2,(H2,19,21)(H,20,22)(H,23,24)/t15-/m1/s1. The molecule has 4 N–H and O–H groups in total. The van der Waals surface area contributed by atoms with Gasteiger partial charge in [-0.2, -0.15) is 0 Å². The lowest BCUT2D eigenvalue weighted by molar-refractivity contribution is -0.139. The monoisotopic (exact) mass is 326 g/mol. The first-order chi connectivity index (χ1) is 11.5. The summed E-state index contributed by atoms with van der Waals surface area (Å²) in [5.41, 5.74) is 7.33. The number of nitrogens with two attached hydrogens (primary N) is 1. The number of rotatable bonds is 7. The van der Waals surface area contributed by atoms with Crippen molar-refractivity contribution in [2.24, 2.45) is 5.73 Å². The summed E-state index contributed by atoms with van der Waals surface area (Å²) in [4.78, 5) is 34.1. The smallest absolute Gasteiger partial charge is 0.326 e. The molecular formula is C18H18N2O4. The third-order valence-corrected chi connectivity index (χ3v) is 3.54. The largest absolute Gasteiger partial charge is 0.480 e. The Morgan fingerprint density at radius 2 is 1.54 bits per heavy atom. The zero-order chi connectivity index (χ0) is 17.5. The van der Waals surface area contributed by atoms with Crippen molar-refractivity contribution in [1.82, 2.24) is 5.32 Å². The first kappa shape index (κ1) is 17.2. The molecule has 0 aliphatic heterocycles. The van der Waals surface area contributed by atoms with Crippen molar-refractivity contribution in [1.29, 1.82) is 0 Å². The fourth-order valence-corrected chi connectivity index (χ4v) is 2.23. The van der Waals surface area contributed by atoms with Gasteiger partial charge in [0.05, 0.1) is 0 Å². The van der Waals surface area contributed by atoms with E-state index in [2.05, 4.69) is 5.32 Å². The van der Waals surface area contributed by atoms with E-state index in [1.165, 1.54) is 0 Å². The molecule has 2 amide bonds. The van der Waals surface area contributed by atoms with E-state index >= 15 is 0 Å².